The van der Waals surface area contributed by atoms with Gasteiger partial charge in [0.05, 0.1) is 23.1 Å². The predicted molar refractivity (Wildman–Crippen MR) is 66.5 cm³/mol. The first-order chi connectivity index (χ1) is 8.08. The number of H-pyrrole nitrogens is 1. The van der Waals surface area contributed by atoms with Crippen LogP contribution in [0.1, 0.15) is 32.1 Å². The summed E-state index contributed by atoms with van der Waals surface area (Å²) in [6.07, 6.45) is 3.94. The van der Waals surface area contributed by atoms with Crippen molar-refractivity contribution in [2.75, 3.05) is 0 Å². The summed E-state index contributed by atoms with van der Waals surface area (Å²) >= 11 is 0. The third-order valence-electron chi connectivity index (χ3n) is 2.60. The molecule has 2 heterocycles. The lowest BCUT2D eigenvalue weighted by atomic mass is 10.0. The fraction of sp³-hybridized carbons (Fsp3) is 0.417. The molecular formula is C12H16N4O. The molecule has 0 spiro atoms. The molecule has 90 valence electrons. The molecule has 0 amide bonds. The van der Waals surface area contributed by atoms with Crippen molar-refractivity contribution < 1.29 is 0 Å². The van der Waals surface area contributed by atoms with Gasteiger partial charge in [0.25, 0.3) is 5.56 Å². The molecule has 2 aromatic heterocycles. The zero-order valence-electron chi connectivity index (χ0n) is 9.97. The summed E-state index contributed by atoms with van der Waals surface area (Å²) < 4.78 is 0. The highest BCUT2D eigenvalue weighted by molar-refractivity contribution is 5.75. The molecule has 1 unspecified atom stereocenters. The van der Waals surface area contributed by atoms with Gasteiger partial charge in [-0.25, -0.2) is 4.98 Å². The van der Waals surface area contributed by atoms with E-state index in [-0.39, 0.29) is 11.6 Å². The van der Waals surface area contributed by atoms with Crippen LogP contribution in [-0.2, 0) is 0 Å². The van der Waals surface area contributed by atoms with E-state index in [0.29, 0.717) is 22.6 Å². The van der Waals surface area contributed by atoms with Gasteiger partial charge in [-0.05, 0) is 18.4 Å². The Morgan fingerprint density at radius 1 is 1.47 bits per heavy atom. The fourth-order valence-electron chi connectivity index (χ4n) is 1.80. The Hall–Kier alpha value is -1.75. The van der Waals surface area contributed by atoms with Crippen molar-refractivity contribution >= 4 is 10.9 Å². The maximum absolute atomic E-state index is 11.8. The maximum Gasteiger partial charge on any atom is 0.258 e. The second kappa shape index (κ2) is 4.63. The minimum absolute atomic E-state index is 0.161. The van der Waals surface area contributed by atoms with Crippen LogP contribution in [0.25, 0.3) is 10.9 Å². The summed E-state index contributed by atoms with van der Waals surface area (Å²) in [4.78, 5) is 22.9. The molecule has 0 aromatic carbocycles. The molecule has 5 heteroatoms. The Balaban J connectivity index is 2.46. The first-order valence-electron chi connectivity index (χ1n) is 5.67. The van der Waals surface area contributed by atoms with E-state index in [4.69, 9.17) is 5.73 Å². The highest BCUT2D eigenvalue weighted by Gasteiger charge is 2.12. The summed E-state index contributed by atoms with van der Waals surface area (Å²) in [7, 11) is 0. The number of aromatic nitrogens is 3. The second-order valence-corrected chi connectivity index (χ2v) is 4.58. The van der Waals surface area contributed by atoms with Gasteiger partial charge in [-0.3, -0.25) is 9.78 Å². The van der Waals surface area contributed by atoms with Crippen LogP contribution in [0.4, 0.5) is 0 Å². The third-order valence-corrected chi connectivity index (χ3v) is 2.60. The predicted octanol–water partition coefficient (Wildman–Crippen LogP) is 1.36. The van der Waals surface area contributed by atoms with Crippen molar-refractivity contribution in [3.63, 3.8) is 0 Å². The van der Waals surface area contributed by atoms with Crippen LogP contribution in [0.3, 0.4) is 0 Å². The molecule has 0 aliphatic carbocycles. The summed E-state index contributed by atoms with van der Waals surface area (Å²) in [6.45, 7) is 4.17. The van der Waals surface area contributed by atoms with Gasteiger partial charge in [-0.1, -0.05) is 13.8 Å². The zero-order valence-corrected chi connectivity index (χ0v) is 9.97. The number of hydrogen-bond donors (Lipinski definition) is 2. The van der Waals surface area contributed by atoms with Crippen LogP contribution in [0.2, 0.25) is 0 Å². The summed E-state index contributed by atoms with van der Waals surface area (Å²) in [6, 6.07) is 1.41. The van der Waals surface area contributed by atoms with Crippen molar-refractivity contribution in [2.24, 2.45) is 11.7 Å². The first-order valence-corrected chi connectivity index (χ1v) is 5.67. The second-order valence-electron chi connectivity index (χ2n) is 4.58. The van der Waals surface area contributed by atoms with Crippen molar-refractivity contribution in [3.8, 4) is 0 Å². The van der Waals surface area contributed by atoms with E-state index in [2.05, 4.69) is 28.8 Å². The van der Waals surface area contributed by atoms with Gasteiger partial charge in [0.2, 0.25) is 0 Å². The van der Waals surface area contributed by atoms with E-state index in [1.165, 1.54) is 0 Å². The van der Waals surface area contributed by atoms with Gasteiger partial charge in [-0.2, -0.15) is 0 Å². The average molecular weight is 232 g/mol. The Kier molecular flexibility index (Phi) is 3.19. The lowest BCUT2D eigenvalue weighted by Gasteiger charge is -2.13. The fourth-order valence-corrected chi connectivity index (χ4v) is 1.80. The van der Waals surface area contributed by atoms with Gasteiger partial charge in [0.1, 0.15) is 5.82 Å². The Labute approximate surface area is 99.1 Å². The van der Waals surface area contributed by atoms with Crippen LogP contribution in [0.15, 0.2) is 23.3 Å². The van der Waals surface area contributed by atoms with Gasteiger partial charge >= 0.3 is 0 Å². The molecule has 2 rings (SSSR count). The number of nitrogens with two attached hydrogens (primary N) is 1. The highest BCUT2D eigenvalue weighted by atomic mass is 16.1. The quantitative estimate of drug-likeness (QED) is 0.836. The molecule has 2 aromatic rings. The SMILES string of the molecule is CC(C)CC(N)c1nc2cnccc2c(=O)[nH]1. The molecular weight excluding hydrogens is 216 g/mol. The van der Waals surface area contributed by atoms with E-state index >= 15 is 0 Å². The van der Waals surface area contributed by atoms with Crippen LogP contribution >= 0.6 is 0 Å². The Bertz CT molecular complexity index is 576. The Morgan fingerprint density at radius 3 is 2.94 bits per heavy atom. The average Bonchev–Trinajstić information content (AvgIpc) is 2.28. The number of nitrogens with one attached hydrogen (secondary N) is 1. The molecule has 0 fully saturated rings. The smallest absolute Gasteiger partial charge is 0.258 e. The van der Waals surface area contributed by atoms with Crippen LogP contribution in [0, 0.1) is 5.92 Å². The van der Waals surface area contributed by atoms with E-state index in [0.717, 1.165) is 6.42 Å². The van der Waals surface area contributed by atoms with Crippen LogP contribution in [0.5, 0.6) is 0 Å². The van der Waals surface area contributed by atoms with Crippen LogP contribution in [-0.4, -0.2) is 15.0 Å². The first kappa shape index (κ1) is 11.7. The van der Waals surface area contributed by atoms with Gasteiger partial charge in [-0.15, -0.1) is 0 Å². The summed E-state index contributed by atoms with van der Waals surface area (Å²) in [5.74, 6) is 0.990. The van der Waals surface area contributed by atoms with Crippen molar-refractivity contribution in [2.45, 2.75) is 26.3 Å². The summed E-state index contributed by atoms with van der Waals surface area (Å²) in [5.41, 5.74) is 6.43. The largest absolute Gasteiger partial charge is 0.321 e. The van der Waals surface area contributed by atoms with Crippen molar-refractivity contribution in [3.05, 3.63) is 34.6 Å². The number of fused-ring (bicyclic) bond motifs is 1. The molecule has 0 radical (unpaired) electrons. The van der Waals surface area contributed by atoms with E-state index < -0.39 is 0 Å². The molecule has 0 saturated heterocycles. The van der Waals surface area contributed by atoms with Gasteiger partial charge in [0, 0.05) is 6.20 Å². The molecule has 17 heavy (non-hydrogen) atoms. The summed E-state index contributed by atoms with van der Waals surface area (Å²) in [5, 5.41) is 0.542. The van der Waals surface area contributed by atoms with Gasteiger partial charge < -0.3 is 10.7 Å². The number of rotatable bonds is 3. The standard InChI is InChI=1S/C12H16N4O/c1-7(2)5-9(13)11-15-10-6-14-4-3-8(10)12(17)16-11/h3-4,6-7,9H,5,13H2,1-2H3,(H,15,16,17). The van der Waals surface area contributed by atoms with Crippen molar-refractivity contribution in [1.82, 2.24) is 15.0 Å². The minimum atomic E-state index is -0.243. The van der Waals surface area contributed by atoms with E-state index in [1.54, 1.807) is 18.5 Å². The number of nitrogens with zero attached hydrogens (tertiary/aromatic N) is 2. The molecule has 5 nitrogen and oxygen atoms in total. The molecule has 0 saturated carbocycles. The molecule has 1 atom stereocenters. The number of aromatic amines is 1. The number of hydrogen-bond acceptors (Lipinski definition) is 4. The molecule has 3 N–H and O–H groups in total. The maximum atomic E-state index is 11.8. The highest BCUT2D eigenvalue weighted by Crippen LogP contribution is 2.15. The third kappa shape index (κ3) is 2.50. The minimum Gasteiger partial charge on any atom is -0.321 e. The zero-order chi connectivity index (χ0) is 12.4. The molecule has 0 aliphatic rings. The lowest BCUT2D eigenvalue weighted by molar-refractivity contribution is 0.493. The van der Waals surface area contributed by atoms with Gasteiger partial charge in [0.15, 0.2) is 0 Å². The van der Waals surface area contributed by atoms with Crippen molar-refractivity contribution in [1.29, 1.82) is 0 Å². The monoisotopic (exact) mass is 232 g/mol. The number of pyridine rings is 1. The van der Waals surface area contributed by atoms with Crippen LogP contribution < -0.4 is 11.3 Å². The normalized spacial score (nSPS) is 13.2. The topological polar surface area (TPSA) is 84.7 Å². The lowest BCUT2D eigenvalue weighted by Crippen LogP contribution is -2.21. The van der Waals surface area contributed by atoms with E-state index in [9.17, 15) is 4.79 Å². The molecule has 0 aliphatic heterocycles. The van der Waals surface area contributed by atoms with E-state index in [1.807, 2.05) is 0 Å². The Morgan fingerprint density at radius 2 is 2.24 bits per heavy atom. The molecule has 0 bridgehead atoms.